The summed E-state index contributed by atoms with van der Waals surface area (Å²) in [5, 5.41) is 11.6. The summed E-state index contributed by atoms with van der Waals surface area (Å²) in [7, 11) is 1.47. The van der Waals surface area contributed by atoms with Crippen molar-refractivity contribution in [1.29, 1.82) is 0 Å². The maximum atomic E-state index is 11.8. The van der Waals surface area contributed by atoms with Crippen LogP contribution in [0.4, 0.5) is 10.5 Å². The average Bonchev–Trinajstić information content (AvgIpc) is 2.30. The van der Waals surface area contributed by atoms with Crippen LogP contribution in [0.5, 0.6) is 0 Å². The second-order valence-electron chi connectivity index (χ2n) is 3.67. The summed E-state index contributed by atoms with van der Waals surface area (Å²) in [5.74, 6) is -1.00. The van der Waals surface area contributed by atoms with Gasteiger partial charge in [-0.25, -0.2) is 9.59 Å². The van der Waals surface area contributed by atoms with E-state index in [-0.39, 0.29) is 0 Å². The third kappa shape index (κ3) is 3.48. The molecule has 17 heavy (non-hydrogen) atoms. The molecule has 0 heterocycles. The van der Waals surface area contributed by atoms with E-state index in [1.165, 1.54) is 11.9 Å². The Balaban J connectivity index is 2.67. The quantitative estimate of drug-likeness (QED) is 0.840. The van der Waals surface area contributed by atoms with Crippen molar-refractivity contribution >= 4 is 17.7 Å². The summed E-state index contributed by atoms with van der Waals surface area (Å²) in [4.78, 5) is 23.9. The Kier molecular flexibility index (Phi) is 4.51. The number of rotatable bonds is 4. The zero-order valence-corrected chi connectivity index (χ0v) is 9.88. The van der Waals surface area contributed by atoms with Gasteiger partial charge in [0.15, 0.2) is 0 Å². The van der Waals surface area contributed by atoms with Gasteiger partial charge in [0.2, 0.25) is 0 Å². The number of carboxylic acids is 1. The van der Waals surface area contributed by atoms with Gasteiger partial charge in [-0.15, -0.1) is 0 Å². The highest BCUT2D eigenvalue weighted by atomic mass is 16.4. The van der Waals surface area contributed by atoms with Crippen molar-refractivity contribution in [3.8, 4) is 0 Å². The predicted molar refractivity (Wildman–Crippen MR) is 64.9 cm³/mol. The molecule has 1 unspecified atom stereocenters. The van der Waals surface area contributed by atoms with Gasteiger partial charge >= 0.3 is 12.0 Å². The second kappa shape index (κ2) is 5.89. The molecular weight excluding hydrogens is 220 g/mol. The normalized spacial score (nSPS) is 11.6. The number of amides is 2. The minimum atomic E-state index is -1.00. The molecule has 0 saturated heterocycles. The van der Waals surface area contributed by atoms with Crippen molar-refractivity contribution in [3.05, 3.63) is 30.3 Å². The van der Waals surface area contributed by atoms with Gasteiger partial charge in [-0.3, -0.25) is 0 Å². The molecule has 0 radical (unpaired) electrons. The summed E-state index contributed by atoms with van der Waals surface area (Å²) in [6, 6.07) is 7.69. The van der Waals surface area contributed by atoms with Crippen LogP contribution in [-0.4, -0.2) is 35.1 Å². The Morgan fingerprint density at radius 2 is 1.94 bits per heavy atom. The molecule has 1 aromatic rings. The maximum absolute atomic E-state index is 11.8. The number of carboxylic acid groups (broad SMARTS) is 1. The standard InChI is InChI=1S/C12H16N2O3/c1-3-10(11(15)16)14(2)12(17)13-9-7-5-4-6-8-9/h4-8,10H,3H2,1-2H3,(H,13,17)(H,15,16). The van der Waals surface area contributed by atoms with Crippen molar-refractivity contribution in [2.45, 2.75) is 19.4 Å². The molecule has 0 fully saturated rings. The number of anilines is 1. The first kappa shape index (κ1) is 13.0. The first-order valence-electron chi connectivity index (χ1n) is 5.38. The van der Waals surface area contributed by atoms with Crippen LogP contribution in [0.1, 0.15) is 13.3 Å². The summed E-state index contributed by atoms with van der Waals surface area (Å²) in [5.41, 5.74) is 0.643. The molecule has 2 N–H and O–H groups in total. The van der Waals surface area contributed by atoms with E-state index in [0.717, 1.165) is 0 Å². The summed E-state index contributed by atoms with van der Waals surface area (Å²) in [6.45, 7) is 1.73. The molecule has 0 aliphatic heterocycles. The molecule has 0 bridgehead atoms. The molecule has 0 aliphatic carbocycles. The highest BCUT2D eigenvalue weighted by Crippen LogP contribution is 2.09. The molecule has 0 aliphatic rings. The molecule has 1 rings (SSSR count). The lowest BCUT2D eigenvalue weighted by atomic mass is 10.2. The Morgan fingerprint density at radius 3 is 2.41 bits per heavy atom. The lowest BCUT2D eigenvalue weighted by molar-refractivity contribution is -0.141. The molecular formula is C12H16N2O3. The molecule has 2 amide bonds. The SMILES string of the molecule is CCC(C(=O)O)N(C)C(=O)Nc1ccccc1. The van der Waals surface area contributed by atoms with E-state index in [0.29, 0.717) is 12.1 Å². The van der Waals surface area contributed by atoms with Crippen molar-refractivity contribution in [2.24, 2.45) is 0 Å². The Hall–Kier alpha value is -2.04. The van der Waals surface area contributed by atoms with Crippen LogP contribution < -0.4 is 5.32 Å². The molecule has 92 valence electrons. The summed E-state index contributed by atoms with van der Waals surface area (Å²) in [6.07, 6.45) is 0.369. The topological polar surface area (TPSA) is 69.6 Å². The van der Waals surface area contributed by atoms with Crippen molar-refractivity contribution in [3.63, 3.8) is 0 Å². The number of aliphatic carboxylic acids is 1. The van der Waals surface area contributed by atoms with E-state index in [1.54, 1.807) is 31.2 Å². The molecule has 1 aromatic carbocycles. The fourth-order valence-electron chi connectivity index (χ4n) is 1.49. The van der Waals surface area contributed by atoms with Gasteiger partial charge < -0.3 is 15.3 Å². The lowest BCUT2D eigenvalue weighted by Gasteiger charge is -2.23. The number of hydrogen-bond donors (Lipinski definition) is 2. The molecule has 5 heteroatoms. The Bertz CT molecular complexity index is 392. The van der Waals surface area contributed by atoms with Crippen LogP contribution in [-0.2, 0) is 4.79 Å². The van der Waals surface area contributed by atoms with E-state index in [2.05, 4.69) is 5.32 Å². The Labute approximate surface area is 100 Å². The number of benzene rings is 1. The van der Waals surface area contributed by atoms with Gasteiger partial charge in [-0.05, 0) is 18.6 Å². The van der Waals surface area contributed by atoms with E-state index < -0.39 is 18.0 Å². The number of nitrogens with zero attached hydrogens (tertiary/aromatic N) is 1. The number of para-hydroxylation sites is 1. The zero-order chi connectivity index (χ0) is 12.8. The predicted octanol–water partition coefficient (Wildman–Crippen LogP) is 2.01. The number of carbonyl (C=O) groups is 2. The molecule has 1 atom stereocenters. The monoisotopic (exact) mass is 236 g/mol. The van der Waals surface area contributed by atoms with E-state index >= 15 is 0 Å². The van der Waals surface area contributed by atoms with Gasteiger partial charge in [0, 0.05) is 12.7 Å². The smallest absolute Gasteiger partial charge is 0.326 e. The number of likely N-dealkylation sites (N-methyl/N-ethyl adjacent to an activating group) is 1. The maximum Gasteiger partial charge on any atom is 0.326 e. The fourth-order valence-corrected chi connectivity index (χ4v) is 1.49. The summed E-state index contributed by atoms with van der Waals surface area (Å²) < 4.78 is 0. The van der Waals surface area contributed by atoms with Crippen molar-refractivity contribution < 1.29 is 14.7 Å². The van der Waals surface area contributed by atoms with Crippen LogP contribution in [0.25, 0.3) is 0 Å². The fraction of sp³-hybridized carbons (Fsp3) is 0.333. The first-order valence-corrected chi connectivity index (χ1v) is 5.38. The van der Waals surface area contributed by atoms with Crippen molar-refractivity contribution in [1.82, 2.24) is 4.90 Å². The van der Waals surface area contributed by atoms with Gasteiger partial charge in [-0.2, -0.15) is 0 Å². The number of nitrogens with one attached hydrogen (secondary N) is 1. The second-order valence-corrected chi connectivity index (χ2v) is 3.67. The minimum absolute atomic E-state index is 0.369. The number of urea groups is 1. The highest BCUT2D eigenvalue weighted by molar-refractivity contribution is 5.92. The molecule has 0 saturated carbocycles. The van der Waals surface area contributed by atoms with Gasteiger partial charge in [-0.1, -0.05) is 25.1 Å². The largest absolute Gasteiger partial charge is 0.480 e. The van der Waals surface area contributed by atoms with E-state index in [9.17, 15) is 9.59 Å². The molecule has 5 nitrogen and oxygen atoms in total. The van der Waals surface area contributed by atoms with E-state index in [4.69, 9.17) is 5.11 Å². The Morgan fingerprint density at radius 1 is 1.35 bits per heavy atom. The summed E-state index contributed by atoms with van der Waals surface area (Å²) >= 11 is 0. The molecule has 0 aromatic heterocycles. The lowest BCUT2D eigenvalue weighted by Crippen LogP contribution is -2.44. The van der Waals surface area contributed by atoms with Crippen molar-refractivity contribution in [2.75, 3.05) is 12.4 Å². The third-order valence-corrected chi connectivity index (χ3v) is 2.48. The molecule has 0 spiro atoms. The highest BCUT2D eigenvalue weighted by Gasteiger charge is 2.24. The van der Waals surface area contributed by atoms with Crippen LogP contribution in [0.3, 0.4) is 0 Å². The third-order valence-electron chi connectivity index (χ3n) is 2.48. The number of carbonyl (C=O) groups excluding carboxylic acids is 1. The zero-order valence-electron chi connectivity index (χ0n) is 9.88. The average molecular weight is 236 g/mol. The van der Waals surface area contributed by atoms with Crippen LogP contribution >= 0.6 is 0 Å². The van der Waals surface area contributed by atoms with Crippen LogP contribution in [0.2, 0.25) is 0 Å². The van der Waals surface area contributed by atoms with Gasteiger partial charge in [0.1, 0.15) is 6.04 Å². The van der Waals surface area contributed by atoms with Gasteiger partial charge in [0.05, 0.1) is 0 Å². The number of hydrogen-bond acceptors (Lipinski definition) is 2. The van der Waals surface area contributed by atoms with Gasteiger partial charge in [0.25, 0.3) is 0 Å². The van der Waals surface area contributed by atoms with Crippen LogP contribution in [0, 0.1) is 0 Å². The van der Waals surface area contributed by atoms with Crippen LogP contribution in [0.15, 0.2) is 30.3 Å². The minimum Gasteiger partial charge on any atom is -0.480 e. The van der Waals surface area contributed by atoms with E-state index in [1.807, 2.05) is 6.07 Å². The first-order chi connectivity index (χ1) is 8.06.